The van der Waals surface area contributed by atoms with Gasteiger partial charge in [0.05, 0.1) is 16.3 Å². The van der Waals surface area contributed by atoms with Crippen molar-refractivity contribution < 1.29 is 13.2 Å². The number of aromatic nitrogens is 2. The van der Waals surface area contributed by atoms with E-state index in [9.17, 15) is 13.2 Å². The lowest BCUT2D eigenvalue weighted by molar-refractivity contribution is -0.128. The maximum absolute atomic E-state index is 13.2. The second-order valence-corrected chi connectivity index (χ2v) is 9.47. The van der Waals surface area contributed by atoms with E-state index in [2.05, 4.69) is 4.98 Å². The average molecular weight is 414 g/mol. The molecule has 144 valence electrons. The molecule has 8 heteroatoms. The fourth-order valence-corrected chi connectivity index (χ4v) is 5.81. The van der Waals surface area contributed by atoms with Crippen molar-refractivity contribution in [1.82, 2.24) is 13.9 Å². The van der Waals surface area contributed by atoms with Gasteiger partial charge in [0.25, 0.3) is 10.0 Å². The summed E-state index contributed by atoms with van der Waals surface area (Å²) in [6, 6.07) is 14.0. The van der Waals surface area contributed by atoms with Crippen molar-refractivity contribution in [1.29, 1.82) is 0 Å². The Balaban J connectivity index is 1.69. The third kappa shape index (κ3) is 3.45. The Labute approximate surface area is 168 Å². The third-order valence-electron chi connectivity index (χ3n) is 4.64. The highest BCUT2D eigenvalue weighted by Crippen LogP contribution is 2.40. The van der Waals surface area contributed by atoms with Gasteiger partial charge in [-0.25, -0.2) is 12.4 Å². The molecule has 1 fully saturated rings. The molecule has 0 N–H and O–H groups in total. The zero-order chi connectivity index (χ0) is 19.7. The first-order valence-electron chi connectivity index (χ1n) is 8.76. The van der Waals surface area contributed by atoms with Gasteiger partial charge in [0.15, 0.2) is 0 Å². The molecule has 1 aliphatic heterocycles. The summed E-state index contributed by atoms with van der Waals surface area (Å²) < 4.78 is 27.6. The largest absolute Gasteiger partial charge is 0.320 e. The molecule has 1 saturated heterocycles. The van der Waals surface area contributed by atoms with Gasteiger partial charge < -0.3 is 4.90 Å². The summed E-state index contributed by atoms with van der Waals surface area (Å²) in [4.78, 5) is 18.4. The lowest BCUT2D eigenvalue weighted by Gasteiger charge is -2.25. The van der Waals surface area contributed by atoms with Gasteiger partial charge >= 0.3 is 0 Å². The lowest BCUT2D eigenvalue weighted by atomic mass is 10.2. The van der Waals surface area contributed by atoms with E-state index < -0.39 is 10.0 Å². The number of thioether (sulfide) groups is 1. The third-order valence-corrected chi connectivity index (χ3v) is 7.59. The highest BCUT2D eigenvalue weighted by molar-refractivity contribution is 8.00. The quantitative estimate of drug-likeness (QED) is 0.642. The van der Waals surface area contributed by atoms with Crippen LogP contribution in [0.15, 0.2) is 72.0 Å². The fourth-order valence-electron chi connectivity index (χ4n) is 3.17. The monoisotopic (exact) mass is 413 g/mol. The van der Waals surface area contributed by atoms with Crippen LogP contribution >= 0.6 is 11.8 Å². The van der Waals surface area contributed by atoms with E-state index in [1.54, 1.807) is 59.9 Å². The Kier molecular flexibility index (Phi) is 4.99. The molecule has 0 saturated carbocycles. The first kappa shape index (κ1) is 18.8. The minimum Gasteiger partial charge on any atom is -0.320 e. The molecular formula is C20H19N3O3S2. The number of pyridine rings is 1. The predicted octanol–water partition coefficient (Wildman–Crippen LogP) is 3.20. The van der Waals surface area contributed by atoms with Crippen molar-refractivity contribution in [2.24, 2.45) is 0 Å². The molecule has 1 aromatic carbocycles. The first-order valence-corrected chi connectivity index (χ1v) is 11.3. The van der Waals surface area contributed by atoms with Crippen LogP contribution < -0.4 is 0 Å². The molecule has 3 aromatic rings. The van der Waals surface area contributed by atoms with Crippen LogP contribution in [0.4, 0.5) is 0 Å². The maximum Gasteiger partial charge on any atom is 0.267 e. The van der Waals surface area contributed by atoms with Crippen molar-refractivity contribution in [3.8, 4) is 0 Å². The molecular weight excluding hydrogens is 394 g/mol. The van der Waals surface area contributed by atoms with Crippen LogP contribution in [-0.4, -0.2) is 33.9 Å². The van der Waals surface area contributed by atoms with Gasteiger partial charge in [-0.15, -0.1) is 11.8 Å². The van der Waals surface area contributed by atoms with Gasteiger partial charge in [-0.05, 0) is 48.9 Å². The highest BCUT2D eigenvalue weighted by Gasteiger charge is 2.36. The number of benzene rings is 1. The number of nitrogens with zero attached hydrogens (tertiary/aromatic N) is 3. The molecule has 1 amide bonds. The second-order valence-electron chi connectivity index (χ2n) is 6.59. The fraction of sp³-hybridized carbons (Fsp3) is 0.200. The van der Waals surface area contributed by atoms with Crippen molar-refractivity contribution >= 4 is 27.7 Å². The van der Waals surface area contributed by atoms with Gasteiger partial charge in [0.1, 0.15) is 5.37 Å². The van der Waals surface area contributed by atoms with E-state index in [1.807, 2.05) is 19.1 Å². The number of amides is 1. The molecule has 0 spiro atoms. The van der Waals surface area contributed by atoms with Crippen molar-refractivity contribution in [2.75, 3.05) is 5.75 Å². The summed E-state index contributed by atoms with van der Waals surface area (Å²) in [7, 11) is -3.74. The molecule has 2 aromatic heterocycles. The van der Waals surface area contributed by atoms with Gasteiger partial charge in [-0.1, -0.05) is 17.7 Å². The maximum atomic E-state index is 13.2. The highest BCUT2D eigenvalue weighted by atomic mass is 32.2. The Hall–Kier alpha value is -2.58. The molecule has 1 unspecified atom stereocenters. The minimum atomic E-state index is -3.74. The SMILES string of the molecule is Cc1ccc(S(=O)(=O)n2cccc2C2SCC(=O)N2Cc2ccncc2)cc1. The van der Waals surface area contributed by atoms with Crippen molar-refractivity contribution in [3.63, 3.8) is 0 Å². The predicted molar refractivity (Wildman–Crippen MR) is 108 cm³/mol. The normalized spacial score (nSPS) is 17.2. The summed E-state index contributed by atoms with van der Waals surface area (Å²) in [6.45, 7) is 2.32. The standard InChI is InChI=1S/C20H19N3O3S2/c1-15-4-6-17(7-5-15)28(25,26)23-12-2-3-18(23)20-22(19(24)14-27-20)13-16-8-10-21-11-9-16/h2-12,20H,13-14H2,1H3. The van der Waals surface area contributed by atoms with Crippen molar-refractivity contribution in [3.05, 3.63) is 83.9 Å². The molecule has 0 bridgehead atoms. The summed E-state index contributed by atoms with van der Waals surface area (Å²) in [6.07, 6.45) is 4.91. The van der Waals surface area contributed by atoms with Gasteiger partial charge in [0, 0.05) is 25.1 Å². The van der Waals surface area contributed by atoms with Crippen LogP contribution in [0.3, 0.4) is 0 Å². The molecule has 1 atom stereocenters. The number of aryl methyl sites for hydroxylation is 1. The zero-order valence-corrected chi connectivity index (χ0v) is 16.9. The summed E-state index contributed by atoms with van der Waals surface area (Å²) in [5.41, 5.74) is 2.52. The van der Waals surface area contributed by atoms with Gasteiger partial charge in [-0.2, -0.15) is 0 Å². The van der Waals surface area contributed by atoms with E-state index in [1.165, 1.54) is 15.7 Å². The zero-order valence-electron chi connectivity index (χ0n) is 15.2. The van der Waals surface area contributed by atoms with E-state index in [4.69, 9.17) is 0 Å². The van der Waals surface area contributed by atoms with E-state index in [0.29, 0.717) is 18.0 Å². The summed E-state index contributed by atoms with van der Waals surface area (Å²) in [5.74, 6) is 0.318. The van der Waals surface area contributed by atoms with E-state index >= 15 is 0 Å². The number of rotatable bonds is 5. The van der Waals surface area contributed by atoms with Gasteiger partial charge in [-0.3, -0.25) is 9.78 Å². The van der Waals surface area contributed by atoms with E-state index in [0.717, 1.165) is 11.1 Å². The van der Waals surface area contributed by atoms with Gasteiger partial charge in [0.2, 0.25) is 5.91 Å². The molecule has 0 aliphatic carbocycles. The molecule has 6 nitrogen and oxygen atoms in total. The van der Waals surface area contributed by atoms with Crippen molar-refractivity contribution in [2.45, 2.75) is 23.7 Å². The smallest absolute Gasteiger partial charge is 0.267 e. The average Bonchev–Trinajstić information content (AvgIpc) is 3.31. The molecule has 28 heavy (non-hydrogen) atoms. The number of hydrogen-bond donors (Lipinski definition) is 0. The molecule has 4 rings (SSSR count). The Morgan fingerprint density at radius 1 is 1.11 bits per heavy atom. The number of carbonyl (C=O) groups is 1. The minimum absolute atomic E-state index is 0.00713. The molecule has 1 aliphatic rings. The topological polar surface area (TPSA) is 72.3 Å². The lowest BCUT2D eigenvalue weighted by Crippen LogP contribution is -2.29. The Morgan fingerprint density at radius 3 is 2.54 bits per heavy atom. The van der Waals surface area contributed by atoms with Crippen LogP contribution in [0.5, 0.6) is 0 Å². The van der Waals surface area contributed by atoms with Crippen LogP contribution in [0, 0.1) is 6.92 Å². The van der Waals surface area contributed by atoms with Crippen LogP contribution in [0.25, 0.3) is 0 Å². The number of hydrogen-bond acceptors (Lipinski definition) is 5. The molecule has 3 heterocycles. The number of carbonyl (C=O) groups excluding carboxylic acids is 1. The Bertz CT molecular complexity index is 1090. The Morgan fingerprint density at radius 2 is 1.82 bits per heavy atom. The van der Waals surface area contributed by atoms with Crippen LogP contribution in [-0.2, 0) is 21.4 Å². The second kappa shape index (κ2) is 7.44. The van der Waals surface area contributed by atoms with E-state index in [-0.39, 0.29) is 16.2 Å². The first-order chi connectivity index (χ1) is 13.5. The van der Waals surface area contributed by atoms with Crippen LogP contribution in [0.2, 0.25) is 0 Å². The molecule has 0 radical (unpaired) electrons. The summed E-state index contributed by atoms with van der Waals surface area (Å²) in [5, 5.41) is -0.365. The summed E-state index contributed by atoms with van der Waals surface area (Å²) >= 11 is 1.44. The van der Waals surface area contributed by atoms with Crippen LogP contribution in [0.1, 0.15) is 22.2 Å².